The van der Waals surface area contributed by atoms with Crippen molar-refractivity contribution < 1.29 is 19.0 Å². The van der Waals surface area contributed by atoms with Crippen molar-refractivity contribution in [2.24, 2.45) is 5.41 Å². The van der Waals surface area contributed by atoms with Crippen LogP contribution >= 0.6 is 0 Å². The summed E-state index contributed by atoms with van der Waals surface area (Å²) >= 11 is 0. The molecule has 23 heavy (non-hydrogen) atoms. The van der Waals surface area contributed by atoms with Gasteiger partial charge in [-0.15, -0.1) is 0 Å². The second-order valence-electron chi connectivity index (χ2n) is 6.34. The van der Waals surface area contributed by atoms with Gasteiger partial charge in [-0.2, -0.15) is 0 Å². The summed E-state index contributed by atoms with van der Waals surface area (Å²) in [5, 5.41) is 0. The van der Waals surface area contributed by atoms with E-state index in [4.69, 9.17) is 14.2 Å². The summed E-state index contributed by atoms with van der Waals surface area (Å²) in [6, 6.07) is 10.3. The lowest BCUT2D eigenvalue weighted by molar-refractivity contribution is -0.156. The van der Waals surface area contributed by atoms with Crippen molar-refractivity contribution in [1.82, 2.24) is 0 Å². The highest BCUT2D eigenvalue weighted by Crippen LogP contribution is 2.34. The molecule has 0 aliphatic heterocycles. The highest BCUT2D eigenvalue weighted by atomic mass is 16.6. The Kier molecular flexibility index (Phi) is 8.89. The molecule has 0 bridgehead atoms. The van der Waals surface area contributed by atoms with Crippen LogP contribution in [0.4, 0.5) is 0 Å². The predicted octanol–water partition coefficient (Wildman–Crippen LogP) is 3.80. The molecular weight excluding hydrogens is 292 g/mol. The monoisotopic (exact) mass is 322 g/mol. The quantitative estimate of drug-likeness (QED) is 0.459. The predicted molar refractivity (Wildman–Crippen MR) is 91.5 cm³/mol. The highest BCUT2D eigenvalue weighted by molar-refractivity contribution is 5.76. The Balaban J connectivity index is 2.45. The molecule has 1 atom stereocenters. The lowest BCUT2D eigenvalue weighted by atomic mass is 9.79. The number of methoxy groups -OCH3 is 1. The van der Waals surface area contributed by atoms with E-state index in [1.54, 1.807) is 7.11 Å². The van der Waals surface area contributed by atoms with Crippen LogP contribution in [-0.2, 0) is 19.0 Å². The molecule has 1 aromatic rings. The summed E-state index contributed by atoms with van der Waals surface area (Å²) in [6.45, 7) is 7.81. The topological polar surface area (TPSA) is 44.8 Å². The van der Waals surface area contributed by atoms with E-state index in [-0.39, 0.29) is 12.6 Å². The Bertz CT molecular complexity index is 442. The van der Waals surface area contributed by atoms with Gasteiger partial charge in [0.15, 0.2) is 0 Å². The van der Waals surface area contributed by atoms with Gasteiger partial charge >= 0.3 is 5.97 Å². The molecule has 1 aromatic carbocycles. The van der Waals surface area contributed by atoms with E-state index >= 15 is 0 Å². The van der Waals surface area contributed by atoms with Gasteiger partial charge in [0, 0.05) is 7.11 Å². The molecule has 1 rings (SSSR count). The smallest absolute Gasteiger partial charge is 0.311 e. The lowest BCUT2D eigenvalue weighted by Gasteiger charge is -2.27. The molecule has 0 saturated carbocycles. The summed E-state index contributed by atoms with van der Waals surface area (Å²) in [7, 11) is 1.63. The van der Waals surface area contributed by atoms with Crippen LogP contribution in [0.3, 0.4) is 0 Å². The molecule has 0 spiro atoms. The first-order valence-electron chi connectivity index (χ1n) is 8.30. The van der Waals surface area contributed by atoms with Crippen LogP contribution in [0.15, 0.2) is 30.3 Å². The SMILES string of the molecule is CCC(CC(C)(C)C(=O)OCCOCCOC)c1ccccc1. The Morgan fingerprint density at radius 3 is 2.35 bits per heavy atom. The molecule has 0 aliphatic carbocycles. The summed E-state index contributed by atoms with van der Waals surface area (Å²) in [4.78, 5) is 12.3. The maximum atomic E-state index is 12.3. The average Bonchev–Trinajstić information content (AvgIpc) is 2.56. The van der Waals surface area contributed by atoms with E-state index in [9.17, 15) is 4.79 Å². The summed E-state index contributed by atoms with van der Waals surface area (Å²) in [5.41, 5.74) is 0.766. The normalized spacial score (nSPS) is 12.9. The van der Waals surface area contributed by atoms with Crippen molar-refractivity contribution in [2.75, 3.05) is 33.5 Å². The van der Waals surface area contributed by atoms with Gasteiger partial charge in [0.2, 0.25) is 0 Å². The molecule has 4 heteroatoms. The van der Waals surface area contributed by atoms with Crippen LogP contribution in [0.25, 0.3) is 0 Å². The molecule has 0 N–H and O–H groups in total. The van der Waals surface area contributed by atoms with Crippen molar-refractivity contribution in [2.45, 2.75) is 39.5 Å². The van der Waals surface area contributed by atoms with Crippen molar-refractivity contribution in [3.63, 3.8) is 0 Å². The van der Waals surface area contributed by atoms with Gasteiger partial charge in [-0.25, -0.2) is 0 Å². The third-order valence-electron chi connectivity index (χ3n) is 3.97. The van der Waals surface area contributed by atoms with Gasteiger partial charge in [0.25, 0.3) is 0 Å². The fourth-order valence-corrected chi connectivity index (χ4v) is 2.56. The van der Waals surface area contributed by atoms with Crippen LogP contribution in [0, 0.1) is 5.41 Å². The minimum atomic E-state index is -0.511. The molecule has 0 radical (unpaired) electrons. The third-order valence-corrected chi connectivity index (χ3v) is 3.97. The Labute approximate surface area is 140 Å². The third kappa shape index (κ3) is 7.14. The second-order valence-corrected chi connectivity index (χ2v) is 6.34. The number of hydrogen-bond acceptors (Lipinski definition) is 4. The van der Waals surface area contributed by atoms with Gasteiger partial charge in [0.1, 0.15) is 6.61 Å². The van der Waals surface area contributed by atoms with Crippen LogP contribution in [0.2, 0.25) is 0 Å². The first-order chi connectivity index (χ1) is 11.0. The molecule has 130 valence electrons. The van der Waals surface area contributed by atoms with E-state index < -0.39 is 5.41 Å². The van der Waals surface area contributed by atoms with Crippen LogP contribution in [0.5, 0.6) is 0 Å². The van der Waals surface area contributed by atoms with Gasteiger partial charge in [-0.1, -0.05) is 37.3 Å². The first-order valence-corrected chi connectivity index (χ1v) is 8.30. The molecule has 0 heterocycles. The van der Waals surface area contributed by atoms with E-state index in [1.165, 1.54) is 5.56 Å². The van der Waals surface area contributed by atoms with E-state index in [2.05, 4.69) is 19.1 Å². The highest BCUT2D eigenvalue weighted by Gasteiger charge is 2.32. The van der Waals surface area contributed by atoms with Crippen molar-refractivity contribution in [3.05, 3.63) is 35.9 Å². The van der Waals surface area contributed by atoms with Crippen molar-refractivity contribution in [3.8, 4) is 0 Å². The van der Waals surface area contributed by atoms with Crippen molar-refractivity contribution in [1.29, 1.82) is 0 Å². The number of carbonyl (C=O) groups is 1. The number of benzene rings is 1. The molecule has 1 unspecified atom stereocenters. The van der Waals surface area contributed by atoms with Crippen molar-refractivity contribution >= 4 is 5.97 Å². The molecule has 4 nitrogen and oxygen atoms in total. The Morgan fingerprint density at radius 2 is 1.74 bits per heavy atom. The van der Waals surface area contributed by atoms with E-state index in [0.717, 1.165) is 12.8 Å². The van der Waals surface area contributed by atoms with E-state index in [0.29, 0.717) is 25.7 Å². The molecular formula is C19H30O4. The maximum Gasteiger partial charge on any atom is 0.311 e. The standard InChI is InChI=1S/C19H30O4/c1-5-16(17-9-7-6-8-10-17)15-19(2,3)18(20)23-14-13-22-12-11-21-4/h6-10,16H,5,11-15H2,1-4H3. The average molecular weight is 322 g/mol. The number of esters is 1. The summed E-state index contributed by atoms with van der Waals surface area (Å²) in [6.07, 6.45) is 1.78. The summed E-state index contributed by atoms with van der Waals surface area (Å²) < 4.78 is 15.6. The number of rotatable bonds is 11. The first kappa shape index (κ1) is 19.7. The molecule has 0 saturated heterocycles. The van der Waals surface area contributed by atoms with Gasteiger partial charge in [-0.05, 0) is 38.2 Å². The lowest BCUT2D eigenvalue weighted by Crippen LogP contribution is -2.29. The van der Waals surface area contributed by atoms with Crippen LogP contribution < -0.4 is 0 Å². The summed E-state index contributed by atoms with van der Waals surface area (Å²) in [5.74, 6) is 0.193. The molecule has 0 fully saturated rings. The molecule has 0 aromatic heterocycles. The zero-order chi connectivity index (χ0) is 17.1. The minimum Gasteiger partial charge on any atom is -0.463 e. The fraction of sp³-hybridized carbons (Fsp3) is 0.632. The van der Waals surface area contributed by atoms with Gasteiger partial charge < -0.3 is 14.2 Å². The largest absolute Gasteiger partial charge is 0.463 e. The van der Waals surface area contributed by atoms with E-state index in [1.807, 2.05) is 32.0 Å². The van der Waals surface area contributed by atoms with Gasteiger partial charge in [-0.3, -0.25) is 4.79 Å². The number of ether oxygens (including phenoxy) is 3. The van der Waals surface area contributed by atoms with Gasteiger partial charge in [0.05, 0.1) is 25.2 Å². The Hall–Kier alpha value is -1.39. The zero-order valence-corrected chi connectivity index (χ0v) is 14.8. The van der Waals surface area contributed by atoms with Crippen LogP contribution in [0.1, 0.15) is 45.1 Å². The molecule has 0 amide bonds. The number of hydrogen-bond donors (Lipinski definition) is 0. The molecule has 0 aliphatic rings. The maximum absolute atomic E-state index is 12.3. The second kappa shape index (κ2) is 10.4. The number of carbonyl (C=O) groups excluding carboxylic acids is 1. The Morgan fingerprint density at radius 1 is 1.09 bits per heavy atom. The van der Waals surface area contributed by atoms with Crippen LogP contribution in [-0.4, -0.2) is 39.5 Å². The fourth-order valence-electron chi connectivity index (χ4n) is 2.56. The zero-order valence-electron chi connectivity index (χ0n) is 14.8. The minimum absolute atomic E-state index is 0.165.